The minimum atomic E-state index is -1.74. The average Bonchev–Trinajstić information content (AvgIpc) is 1.77. The summed E-state index contributed by atoms with van der Waals surface area (Å²) < 4.78 is 2.38. The summed E-state index contributed by atoms with van der Waals surface area (Å²) in [6.07, 6.45) is 7.74. The molecule has 6 heterocycles. The first-order valence-corrected chi connectivity index (χ1v) is 37.8. The number of hydrogen-bond donors (Lipinski definition) is 0. The molecule has 86 heavy (non-hydrogen) atoms. The molecule has 0 N–H and O–H groups in total. The predicted molar refractivity (Wildman–Crippen MR) is 361 cm³/mol. The standard InChI is InChI=1S/C27H25N2Si.C27H26NSi2.2C11H8N.2Ir/c1-4-29-26-13-9-8-12-23(26)24-16-14-20(18-27(24)29)25-17-15-22(19-28-25)30(2,3)21-10-6-5-7-11-21;1-29(2,21-10-6-5-7-11-21)22-15-17-25(28-19-22)20-14-16-24-23-12-8-9-13-26(23)30(3,4)27(24)18-20;2*1-2-6-10(7-3-1)11-8-4-5-9-12-11;;/h5-13,15-19H,4H2,1-3H3;5-13,15-19H,1-4H3;2*1-6,8-9H;;/q4*-1;;. The van der Waals surface area contributed by atoms with Gasteiger partial charge in [-0.05, 0) is 69.2 Å². The van der Waals surface area contributed by atoms with E-state index in [0.29, 0.717) is 0 Å². The molecule has 0 bridgehead atoms. The van der Waals surface area contributed by atoms with Crippen molar-refractivity contribution in [3.05, 3.63) is 292 Å². The van der Waals surface area contributed by atoms with E-state index in [2.05, 4.69) is 255 Å². The van der Waals surface area contributed by atoms with Crippen molar-refractivity contribution in [1.29, 1.82) is 0 Å². The molecule has 1 aliphatic heterocycles. The van der Waals surface area contributed by atoms with E-state index in [0.717, 1.165) is 51.6 Å². The van der Waals surface area contributed by atoms with E-state index in [1.165, 1.54) is 64.1 Å². The van der Waals surface area contributed by atoms with Crippen molar-refractivity contribution in [2.75, 3.05) is 0 Å². The van der Waals surface area contributed by atoms with Gasteiger partial charge in [0.15, 0.2) is 0 Å². The number of pyridine rings is 4. The number of nitrogens with zero attached hydrogens (tertiary/aromatic N) is 5. The van der Waals surface area contributed by atoms with Gasteiger partial charge in [0.2, 0.25) is 0 Å². The molecule has 0 spiro atoms. The van der Waals surface area contributed by atoms with Crippen LogP contribution in [0, 0.1) is 24.3 Å². The summed E-state index contributed by atoms with van der Waals surface area (Å²) in [6.45, 7) is 17.6. The molecule has 0 aliphatic carbocycles. The first-order valence-electron chi connectivity index (χ1n) is 28.8. The second kappa shape index (κ2) is 28.1. The zero-order valence-corrected chi connectivity index (χ0v) is 57.3. The summed E-state index contributed by atoms with van der Waals surface area (Å²) in [5, 5.41) is 11.2. The van der Waals surface area contributed by atoms with Crippen LogP contribution in [-0.4, -0.2) is 48.7 Å². The van der Waals surface area contributed by atoms with E-state index >= 15 is 0 Å². The third-order valence-corrected chi connectivity index (χ3v) is 26.9. The quantitative estimate of drug-likeness (QED) is 0.107. The fourth-order valence-electron chi connectivity index (χ4n) is 11.3. The number of hydrogen-bond acceptors (Lipinski definition) is 4. The zero-order chi connectivity index (χ0) is 58.1. The molecule has 5 nitrogen and oxygen atoms in total. The normalized spacial score (nSPS) is 11.8. The maximum atomic E-state index is 4.88. The van der Waals surface area contributed by atoms with Crippen LogP contribution in [0.3, 0.4) is 0 Å². The van der Waals surface area contributed by atoms with E-state index in [1.807, 2.05) is 84.9 Å². The van der Waals surface area contributed by atoms with Crippen LogP contribution in [0.4, 0.5) is 0 Å². The zero-order valence-electron chi connectivity index (χ0n) is 49.5. The van der Waals surface area contributed by atoms with Crippen molar-refractivity contribution in [3.8, 4) is 56.2 Å². The smallest absolute Gasteiger partial charge is 0.114 e. The Bertz CT molecular complexity index is 4130. The molecule has 430 valence electrons. The number of benzene rings is 8. The van der Waals surface area contributed by atoms with Gasteiger partial charge in [0.05, 0.1) is 8.07 Å². The van der Waals surface area contributed by atoms with Crippen molar-refractivity contribution in [1.82, 2.24) is 24.5 Å². The molecule has 0 unspecified atom stereocenters. The third-order valence-electron chi connectivity index (χ3n) is 16.3. The van der Waals surface area contributed by atoms with Gasteiger partial charge in [-0.1, -0.05) is 223 Å². The summed E-state index contributed by atoms with van der Waals surface area (Å²) in [5.41, 5.74) is 13.4. The van der Waals surface area contributed by atoms with Crippen LogP contribution in [0.5, 0.6) is 0 Å². The molecule has 1 aliphatic rings. The SMILES string of the molecule is CCn1c2ccccc2c2c[c-]c(-c3ccc([Si](C)(C)c4ccccc4)cn3)cc21.C[Si](C)(c1ccccc1)c1ccc(-c2[c-]cc3c(c2)[Si](C)(C)c2ccccc2-3)nc1.[Ir].[Ir].[c-]1ccccc1-c1ccccn1.[c-]1ccccc1-c1ccccn1. The Morgan fingerprint density at radius 2 is 0.860 bits per heavy atom. The number of fused-ring (bicyclic) bond motifs is 6. The van der Waals surface area contributed by atoms with Crippen LogP contribution in [-0.2, 0) is 46.8 Å². The summed E-state index contributed by atoms with van der Waals surface area (Å²) >= 11 is 0. The summed E-state index contributed by atoms with van der Waals surface area (Å²) in [6, 6.07) is 97.6. The van der Waals surface area contributed by atoms with Gasteiger partial charge >= 0.3 is 0 Å². The first-order chi connectivity index (χ1) is 40.9. The van der Waals surface area contributed by atoms with Gasteiger partial charge in [-0.25, -0.2) is 0 Å². The molecule has 0 atom stereocenters. The van der Waals surface area contributed by atoms with Crippen LogP contribution < -0.4 is 31.1 Å². The van der Waals surface area contributed by atoms with Gasteiger partial charge in [0.25, 0.3) is 0 Å². The Kier molecular flexibility index (Phi) is 20.5. The van der Waals surface area contributed by atoms with Crippen molar-refractivity contribution in [3.63, 3.8) is 0 Å². The summed E-state index contributed by atoms with van der Waals surface area (Å²) in [5.74, 6) is 0. The van der Waals surface area contributed by atoms with E-state index in [4.69, 9.17) is 9.97 Å². The molecule has 0 amide bonds. The second-order valence-electron chi connectivity index (χ2n) is 22.6. The Balaban J connectivity index is 0.000000147. The molecular formula is C76H67Ir2N5Si3-4. The fraction of sp³-hybridized carbons (Fsp3) is 0.105. The van der Waals surface area contributed by atoms with Gasteiger partial charge in [0, 0.05) is 77.1 Å². The van der Waals surface area contributed by atoms with Gasteiger partial charge in [0.1, 0.15) is 16.1 Å². The minimum Gasteiger partial charge on any atom is -0.359 e. The Morgan fingerprint density at radius 1 is 0.384 bits per heavy atom. The topological polar surface area (TPSA) is 56.5 Å². The molecular weight excluding hydrogens is 1450 g/mol. The van der Waals surface area contributed by atoms with Gasteiger partial charge < -0.3 is 24.5 Å². The van der Waals surface area contributed by atoms with Crippen molar-refractivity contribution in [2.24, 2.45) is 0 Å². The molecule has 5 aromatic heterocycles. The van der Waals surface area contributed by atoms with E-state index in [1.54, 1.807) is 12.4 Å². The molecule has 13 aromatic rings. The summed E-state index contributed by atoms with van der Waals surface area (Å²) in [7, 11) is -5.14. The Labute approximate surface area is 538 Å². The van der Waals surface area contributed by atoms with Crippen LogP contribution >= 0.6 is 0 Å². The molecule has 2 radical (unpaired) electrons. The molecule has 10 heteroatoms. The molecule has 0 fully saturated rings. The predicted octanol–water partition coefficient (Wildman–Crippen LogP) is 14.8. The van der Waals surface area contributed by atoms with E-state index in [9.17, 15) is 0 Å². The Hall–Kier alpha value is -7.89. The number of aryl methyl sites for hydroxylation is 1. The number of para-hydroxylation sites is 1. The average molecular weight is 1520 g/mol. The van der Waals surface area contributed by atoms with Crippen molar-refractivity contribution < 1.29 is 40.2 Å². The molecule has 0 saturated heterocycles. The summed E-state index contributed by atoms with van der Waals surface area (Å²) in [4.78, 5) is 18.2. The van der Waals surface area contributed by atoms with Crippen LogP contribution in [0.1, 0.15) is 6.92 Å². The maximum absolute atomic E-state index is 4.88. The monoisotopic (exact) mass is 1520 g/mol. The largest absolute Gasteiger partial charge is 0.359 e. The van der Waals surface area contributed by atoms with Crippen molar-refractivity contribution >= 4 is 77.1 Å². The molecule has 8 aromatic carbocycles. The maximum Gasteiger partial charge on any atom is 0.114 e. The van der Waals surface area contributed by atoms with Crippen molar-refractivity contribution in [2.45, 2.75) is 52.8 Å². The van der Waals surface area contributed by atoms with Crippen LogP contribution in [0.2, 0.25) is 39.3 Å². The minimum absolute atomic E-state index is 0. The first kappa shape index (κ1) is 62.6. The molecule has 14 rings (SSSR count). The second-order valence-corrected chi connectivity index (χ2v) is 35.7. The fourth-order valence-corrected chi connectivity index (χ4v) is 18.9. The van der Waals surface area contributed by atoms with E-state index in [-0.39, 0.29) is 40.2 Å². The third kappa shape index (κ3) is 13.5. The number of rotatable bonds is 9. The van der Waals surface area contributed by atoms with Gasteiger partial charge in [-0.3, -0.25) is 0 Å². The van der Waals surface area contributed by atoms with E-state index < -0.39 is 24.2 Å². The Morgan fingerprint density at radius 3 is 1.36 bits per heavy atom. The van der Waals surface area contributed by atoms with Crippen LogP contribution in [0.25, 0.3) is 78.0 Å². The van der Waals surface area contributed by atoms with Gasteiger partial charge in [-0.2, -0.15) is 0 Å². The van der Waals surface area contributed by atoms with Gasteiger partial charge in [-0.15, -0.1) is 125 Å². The van der Waals surface area contributed by atoms with Crippen LogP contribution in [0.15, 0.2) is 267 Å². The molecule has 0 saturated carbocycles. The number of aromatic nitrogens is 5.